The number of aliphatic hydroxyl groups excluding tert-OH is 1. The molecule has 0 radical (unpaired) electrons. The fraction of sp³-hybridized carbons (Fsp3) is 0.259. The van der Waals surface area contributed by atoms with Gasteiger partial charge in [0, 0.05) is 12.5 Å². The van der Waals surface area contributed by atoms with Crippen LogP contribution in [0.15, 0.2) is 84.9 Å². The van der Waals surface area contributed by atoms with Gasteiger partial charge >= 0.3 is 0 Å². The standard InChI is InChI=1S/C27H26N2O3/c30-18-24-27(22-13-11-21(12-14-22)20-9-5-2-6-10-20)23-16-28(17-26(32)29(23)24)25(31)15-19-7-3-1-4-8-19/h1-14,23-24,27,30H,15-18H2/t23-,24+,27-/m1/s1. The Morgan fingerprint density at radius 1 is 0.875 bits per heavy atom. The predicted molar refractivity (Wildman–Crippen MR) is 123 cm³/mol. The van der Waals surface area contributed by atoms with Crippen LogP contribution in [0.1, 0.15) is 17.0 Å². The van der Waals surface area contributed by atoms with Crippen molar-refractivity contribution in [3.05, 3.63) is 96.1 Å². The molecule has 2 aliphatic rings. The molecule has 0 aliphatic carbocycles. The lowest BCUT2D eigenvalue weighted by Gasteiger charge is -2.58. The average Bonchev–Trinajstić information content (AvgIpc) is 2.82. The number of aliphatic hydroxyl groups is 1. The summed E-state index contributed by atoms with van der Waals surface area (Å²) in [6.07, 6.45) is 0.292. The maximum atomic E-state index is 12.9. The molecule has 0 unspecified atom stereocenters. The zero-order valence-corrected chi connectivity index (χ0v) is 17.8. The number of rotatable bonds is 5. The Morgan fingerprint density at radius 3 is 2.16 bits per heavy atom. The van der Waals surface area contributed by atoms with E-state index in [2.05, 4.69) is 36.4 Å². The van der Waals surface area contributed by atoms with Crippen molar-refractivity contribution >= 4 is 11.8 Å². The summed E-state index contributed by atoms with van der Waals surface area (Å²) >= 11 is 0. The Balaban J connectivity index is 1.34. The van der Waals surface area contributed by atoms with Gasteiger partial charge in [-0.3, -0.25) is 9.59 Å². The molecule has 5 rings (SSSR count). The van der Waals surface area contributed by atoms with Gasteiger partial charge in [-0.15, -0.1) is 0 Å². The van der Waals surface area contributed by atoms with Gasteiger partial charge in [0.25, 0.3) is 0 Å². The molecule has 2 amide bonds. The van der Waals surface area contributed by atoms with Crippen LogP contribution >= 0.6 is 0 Å². The van der Waals surface area contributed by atoms with Gasteiger partial charge in [0.15, 0.2) is 0 Å². The first kappa shape index (κ1) is 20.5. The molecule has 0 bridgehead atoms. The number of fused-ring (bicyclic) bond motifs is 1. The largest absolute Gasteiger partial charge is 0.394 e. The molecule has 0 aromatic heterocycles. The first-order valence-corrected chi connectivity index (χ1v) is 11.0. The molecule has 2 heterocycles. The third kappa shape index (κ3) is 3.69. The highest BCUT2D eigenvalue weighted by atomic mass is 16.3. The van der Waals surface area contributed by atoms with Crippen molar-refractivity contribution in [2.45, 2.75) is 24.4 Å². The lowest BCUT2D eigenvalue weighted by molar-refractivity contribution is -0.166. The van der Waals surface area contributed by atoms with Gasteiger partial charge in [-0.2, -0.15) is 0 Å². The molecule has 5 heteroatoms. The molecule has 0 spiro atoms. The highest BCUT2D eigenvalue weighted by molar-refractivity contribution is 5.88. The third-order valence-electron chi connectivity index (χ3n) is 6.71. The van der Waals surface area contributed by atoms with Crippen molar-refractivity contribution < 1.29 is 14.7 Å². The minimum atomic E-state index is -0.235. The second kappa shape index (κ2) is 8.60. The summed E-state index contributed by atoms with van der Waals surface area (Å²) in [5.41, 5.74) is 4.32. The van der Waals surface area contributed by atoms with Gasteiger partial charge in [-0.1, -0.05) is 84.9 Å². The van der Waals surface area contributed by atoms with E-state index in [4.69, 9.17) is 0 Å². The summed E-state index contributed by atoms with van der Waals surface area (Å²) in [5, 5.41) is 10.0. The van der Waals surface area contributed by atoms with E-state index in [9.17, 15) is 14.7 Å². The summed E-state index contributed by atoms with van der Waals surface area (Å²) in [6.45, 7) is 0.503. The molecule has 3 aromatic rings. The minimum Gasteiger partial charge on any atom is -0.394 e. The quantitative estimate of drug-likeness (QED) is 0.682. The maximum Gasteiger partial charge on any atom is 0.242 e. The number of hydrogen-bond donors (Lipinski definition) is 1. The van der Waals surface area contributed by atoms with Crippen LogP contribution in [-0.2, 0) is 16.0 Å². The Bertz CT molecular complexity index is 1100. The molecule has 3 aromatic carbocycles. The zero-order valence-electron chi connectivity index (χ0n) is 17.8. The van der Waals surface area contributed by atoms with Crippen molar-refractivity contribution in [1.82, 2.24) is 9.80 Å². The third-order valence-corrected chi connectivity index (χ3v) is 6.71. The molecule has 2 fully saturated rings. The molecule has 2 aliphatic heterocycles. The number of nitrogens with zero attached hydrogens (tertiary/aromatic N) is 2. The van der Waals surface area contributed by atoms with E-state index < -0.39 is 0 Å². The minimum absolute atomic E-state index is 0.0149. The highest BCUT2D eigenvalue weighted by Crippen LogP contribution is 2.43. The van der Waals surface area contributed by atoms with Crippen LogP contribution < -0.4 is 0 Å². The van der Waals surface area contributed by atoms with E-state index in [1.54, 1.807) is 9.80 Å². The van der Waals surface area contributed by atoms with Crippen molar-refractivity contribution in [1.29, 1.82) is 0 Å². The van der Waals surface area contributed by atoms with Crippen LogP contribution in [0.5, 0.6) is 0 Å². The number of hydrogen-bond acceptors (Lipinski definition) is 3. The molecule has 3 atom stereocenters. The lowest BCUT2D eigenvalue weighted by atomic mass is 9.73. The van der Waals surface area contributed by atoms with Crippen LogP contribution in [0.2, 0.25) is 0 Å². The van der Waals surface area contributed by atoms with E-state index >= 15 is 0 Å². The van der Waals surface area contributed by atoms with Gasteiger partial charge < -0.3 is 14.9 Å². The summed E-state index contributed by atoms with van der Waals surface area (Å²) in [6, 6.07) is 27.8. The Hall–Kier alpha value is -3.44. The van der Waals surface area contributed by atoms with Gasteiger partial charge in [-0.25, -0.2) is 0 Å². The molecule has 2 saturated heterocycles. The van der Waals surface area contributed by atoms with Crippen LogP contribution in [-0.4, -0.2) is 58.5 Å². The SMILES string of the molecule is O=C(Cc1ccccc1)N1CC(=O)N2[C@H](C1)[C@@H](c1ccc(-c3ccccc3)cc1)[C@@H]2CO. The molecular formula is C27H26N2O3. The van der Waals surface area contributed by atoms with Crippen LogP contribution in [0.3, 0.4) is 0 Å². The monoisotopic (exact) mass is 426 g/mol. The number of benzene rings is 3. The van der Waals surface area contributed by atoms with E-state index in [0.29, 0.717) is 13.0 Å². The molecule has 162 valence electrons. The molecule has 0 saturated carbocycles. The fourth-order valence-corrected chi connectivity index (χ4v) is 5.10. The van der Waals surface area contributed by atoms with Gasteiger partial charge in [0.05, 0.1) is 31.7 Å². The van der Waals surface area contributed by atoms with E-state index in [1.165, 1.54) is 0 Å². The van der Waals surface area contributed by atoms with Crippen LogP contribution in [0.4, 0.5) is 0 Å². The van der Waals surface area contributed by atoms with E-state index in [1.807, 2.05) is 48.5 Å². The Kier molecular flexibility index (Phi) is 5.50. The van der Waals surface area contributed by atoms with Crippen LogP contribution in [0.25, 0.3) is 11.1 Å². The number of amides is 2. The summed E-state index contributed by atoms with van der Waals surface area (Å²) in [4.78, 5) is 29.2. The number of carbonyl (C=O) groups is 2. The Morgan fingerprint density at radius 2 is 1.50 bits per heavy atom. The fourth-order valence-electron chi connectivity index (χ4n) is 5.10. The molecular weight excluding hydrogens is 400 g/mol. The highest BCUT2D eigenvalue weighted by Gasteiger charge is 2.54. The zero-order chi connectivity index (χ0) is 22.1. The summed E-state index contributed by atoms with van der Waals surface area (Å²) in [7, 11) is 0. The van der Waals surface area contributed by atoms with Crippen molar-refractivity contribution in [3.63, 3.8) is 0 Å². The Labute approximate surface area is 187 Å². The smallest absolute Gasteiger partial charge is 0.242 e. The number of carbonyl (C=O) groups excluding carboxylic acids is 2. The van der Waals surface area contributed by atoms with Gasteiger partial charge in [0.2, 0.25) is 11.8 Å². The molecule has 32 heavy (non-hydrogen) atoms. The maximum absolute atomic E-state index is 12.9. The van der Waals surface area contributed by atoms with E-state index in [-0.39, 0.29) is 43.0 Å². The predicted octanol–water partition coefficient (Wildman–Crippen LogP) is 3.09. The molecule has 1 N–H and O–H groups in total. The van der Waals surface area contributed by atoms with Crippen molar-refractivity contribution in [2.75, 3.05) is 19.7 Å². The van der Waals surface area contributed by atoms with Crippen molar-refractivity contribution in [2.24, 2.45) is 0 Å². The first-order chi connectivity index (χ1) is 15.7. The average molecular weight is 427 g/mol. The second-order valence-electron chi connectivity index (χ2n) is 8.57. The van der Waals surface area contributed by atoms with Crippen LogP contribution in [0, 0.1) is 0 Å². The normalized spacial score (nSPS) is 22.3. The summed E-state index contributed by atoms with van der Waals surface area (Å²) < 4.78 is 0. The summed E-state index contributed by atoms with van der Waals surface area (Å²) in [5.74, 6) is -0.102. The van der Waals surface area contributed by atoms with Gasteiger partial charge in [0.1, 0.15) is 0 Å². The number of piperazine rings is 1. The first-order valence-electron chi connectivity index (χ1n) is 11.0. The topological polar surface area (TPSA) is 60.9 Å². The molecule has 5 nitrogen and oxygen atoms in total. The van der Waals surface area contributed by atoms with E-state index in [0.717, 1.165) is 22.3 Å². The van der Waals surface area contributed by atoms with Crippen molar-refractivity contribution in [3.8, 4) is 11.1 Å². The lowest BCUT2D eigenvalue weighted by Crippen LogP contribution is -2.73. The second-order valence-corrected chi connectivity index (χ2v) is 8.57. The van der Waals surface area contributed by atoms with Gasteiger partial charge in [-0.05, 0) is 22.3 Å².